The molecule has 5 nitrogen and oxygen atoms in total. The monoisotopic (exact) mass is 218 g/mol. The van der Waals surface area contributed by atoms with Gasteiger partial charge in [-0.05, 0) is 24.6 Å². The van der Waals surface area contributed by atoms with Gasteiger partial charge in [-0.15, -0.1) is 10.2 Å². The molecular formula is C11H14N4O. The lowest BCUT2D eigenvalue weighted by Gasteiger charge is -2.03. The Morgan fingerprint density at radius 2 is 2.19 bits per heavy atom. The molecule has 0 atom stereocenters. The van der Waals surface area contributed by atoms with Crippen molar-refractivity contribution in [3.63, 3.8) is 0 Å². The minimum absolute atomic E-state index is 0.182. The number of anilines is 1. The van der Waals surface area contributed by atoms with Gasteiger partial charge in [-0.1, -0.05) is 0 Å². The van der Waals surface area contributed by atoms with Crippen LogP contribution in [0, 0.1) is 0 Å². The van der Waals surface area contributed by atoms with Crippen molar-refractivity contribution in [1.82, 2.24) is 15.2 Å². The molecule has 16 heavy (non-hydrogen) atoms. The average Bonchev–Trinajstić information content (AvgIpc) is 2.84. The van der Waals surface area contributed by atoms with E-state index < -0.39 is 0 Å². The molecule has 3 N–H and O–H groups in total. The Morgan fingerprint density at radius 3 is 2.81 bits per heavy atom. The minimum Gasteiger partial charge on any atom is -0.396 e. The van der Waals surface area contributed by atoms with Crippen LogP contribution in [-0.2, 0) is 0 Å². The van der Waals surface area contributed by atoms with Gasteiger partial charge in [0.25, 0.3) is 0 Å². The number of hydrogen-bond donors (Lipinski definition) is 3. The molecule has 2 aromatic heterocycles. The standard InChI is InChI=1S/C11H14N4O/c16-7-1-5-13-11-3-2-10(14-15-11)9-4-6-12-8-9/h2-4,6,8,12,16H,1,5,7H2,(H,13,15). The summed E-state index contributed by atoms with van der Waals surface area (Å²) in [6.07, 6.45) is 4.44. The third-order valence-electron chi connectivity index (χ3n) is 2.20. The van der Waals surface area contributed by atoms with E-state index in [0.717, 1.165) is 17.1 Å². The summed E-state index contributed by atoms with van der Waals surface area (Å²) < 4.78 is 0. The highest BCUT2D eigenvalue weighted by Gasteiger charge is 2.00. The predicted molar refractivity (Wildman–Crippen MR) is 62.0 cm³/mol. The predicted octanol–water partition coefficient (Wildman–Crippen LogP) is 1.27. The molecule has 2 aromatic rings. The van der Waals surface area contributed by atoms with Gasteiger partial charge in [-0.2, -0.15) is 0 Å². The maximum atomic E-state index is 8.63. The number of aromatic nitrogens is 3. The van der Waals surface area contributed by atoms with E-state index in [1.165, 1.54) is 0 Å². The first kappa shape index (κ1) is 10.6. The normalized spacial score (nSPS) is 10.3. The van der Waals surface area contributed by atoms with Crippen LogP contribution in [0.25, 0.3) is 11.3 Å². The molecule has 0 aromatic carbocycles. The van der Waals surface area contributed by atoms with Crippen LogP contribution < -0.4 is 5.32 Å². The number of aliphatic hydroxyl groups excluding tert-OH is 1. The number of rotatable bonds is 5. The van der Waals surface area contributed by atoms with Gasteiger partial charge in [-0.3, -0.25) is 0 Å². The van der Waals surface area contributed by atoms with Gasteiger partial charge in [0.1, 0.15) is 5.82 Å². The fourth-order valence-corrected chi connectivity index (χ4v) is 1.36. The third kappa shape index (κ3) is 2.58. The highest BCUT2D eigenvalue weighted by Crippen LogP contribution is 2.15. The molecule has 0 saturated carbocycles. The quantitative estimate of drug-likeness (QED) is 0.661. The lowest BCUT2D eigenvalue weighted by Crippen LogP contribution is -2.05. The van der Waals surface area contributed by atoms with E-state index in [4.69, 9.17) is 5.11 Å². The first-order chi connectivity index (χ1) is 7.90. The van der Waals surface area contributed by atoms with Crippen LogP contribution in [0.2, 0.25) is 0 Å². The maximum Gasteiger partial charge on any atom is 0.148 e. The van der Waals surface area contributed by atoms with Gasteiger partial charge in [0.2, 0.25) is 0 Å². The number of H-pyrrole nitrogens is 1. The lowest BCUT2D eigenvalue weighted by molar-refractivity contribution is 0.292. The van der Waals surface area contributed by atoms with Crippen LogP contribution in [0.1, 0.15) is 6.42 Å². The highest BCUT2D eigenvalue weighted by atomic mass is 16.3. The van der Waals surface area contributed by atoms with Crippen LogP contribution in [0.3, 0.4) is 0 Å². The average molecular weight is 218 g/mol. The summed E-state index contributed by atoms with van der Waals surface area (Å²) in [6, 6.07) is 5.74. The Kier molecular flexibility index (Phi) is 3.50. The zero-order valence-electron chi connectivity index (χ0n) is 8.85. The Bertz CT molecular complexity index is 410. The molecule has 0 radical (unpaired) electrons. The fraction of sp³-hybridized carbons (Fsp3) is 0.273. The maximum absolute atomic E-state index is 8.63. The van der Waals surface area contributed by atoms with Crippen molar-refractivity contribution in [2.24, 2.45) is 0 Å². The van der Waals surface area contributed by atoms with Crippen LogP contribution in [0.15, 0.2) is 30.6 Å². The lowest BCUT2D eigenvalue weighted by atomic mass is 10.2. The minimum atomic E-state index is 0.182. The summed E-state index contributed by atoms with van der Waals surface area (Å²) in [5.41, 5.74) is 1.86. The van der Waals surface area contributed by atoms with Gasteiger partial charge in [0.05, 0.1) is 5.69 Å². The van der Waals surface area contributed by atoms with Gasteiger partial charge < -0.3 is 15.4 Å². The molecule has 0 amide bonds. The third-order valence-corrected chi connectivity index (χ3v) is 2.20. The molecule has 0 fully saturated rings. The molecule has 0 aliphatic rings. The van der Waals surface area contributed by atoms with Crippen molar-refractivity contribution in [3.8, 4) is 11.3 Å². The number of hydrogen-bond acceptors (Lipinski definition) is 4. The molecular weight excluding hydrogens is 204 g/mol. The summed E-state index contributed by atoms with van der Waals surface area (Å²) >= 11 is 0. The summed E-state index contributed by atoms with van der Waals surface area (Å²) in [4.78, 5) is 2.97. The van der Waals surface area contributed by atoms with Crippen molar-refractivity contribution in [2.75, 3.05) is 18.5 Å². The summed E-state index contributed by atoms with van der Waals surface area (Å²) in [7, 11) is 0. The summed E-state index contributed by atoms with van der Waals surface area (Å²) in [5, 5.41) is 19.9. The highest BCUT2D eigenvalue weighted by molar-refractivity contribution is 5.58. The van der Waals surface area contributed by atoms with Crippen molar-refractivity contribution >= 4 is 5.82 Å². The fourth-order valence-electron chi connectivity index (χ4n) is 1.36. The van der Waals surface area contributed by atoms with Gasteiger partial charge >= 0.3 is 0 Å². The van der Waals surface area contributed by atoms with E-state index in [0.29, 0.717) is 13.0 Å². The molecule has 2 heterocycles. The first-order valence-electron chi connectivity index (χ1n) is 5.22. The molecule has 5 heteroatoms. The van der Waals surface area contributed by atoms with E-state index in [1.807, 2.05) is 30.6 Å². The zero-order valence-corrected chi connectivity index (χ0v) is 8.85. The summed E-state index contributed by atoms with van der Waals surface area (Å²) in [6.45, 7) is 0.885. The van der Waals surface area contributed by atoms with E-state index in [1.54, 1.807) is 0 Å². The molecule has 84 valence electrons. The van der Waals surface area contributed by atoms with Crippen LogP contribution in [0.4, 0.5) is 5.82 Å². The van der Waals surface area contributed by atoms with Crippen molar-refractivity contribution < 1.29 is 5.11 Å². The number of nitrogens with zero attached hydrogens (tertiary/aromatic N) is 2. The van der Waals surface area contributed by atoms with Crippen LogP contribution in [0.5, 0.6) is 0 Å². The molecule has 0 saturated heterocycles. The van der Waals surface area contributed by atoms with E-state index in [2.05, 4.69) is 20.5 Å². The Morgan fingerprint density at radius 1 is 1.25 bits per heavy atom. The second kappa shape index (κ2) is 5.27. The van der Waals surface area contributed by atoms with E-state index in [9.17, 15) is 0 Å². The van der Waals surface area contributed by atoms with Crippen molar-refractivity contribution in [1.29, 1.82) is 0 Å². The van der Waals surface area contributed by atoms with Gasteiger partial charge in [0, 0.05) is 31.1 Å². The van der Waals surface area contributed by atoms with Gasteiger partial charge in [0.15, 0.2) is 0 Å². The SMILES string of the molecule is OCCCNc1ccc(-c2cc[nH]c2)nn1. The van der Waals surface area contributed by atoms with Crippen molar-refractivity contribution in [2.45, 2.75) is 6.42 Å². The topological polar surface area (TPSA) is 73.8 Å². The molecule has 0 aliphatic carbocycles. The Labute approximate surface area is 93.5 Å². The van der Waals surface area contributed by atoms with Crippen molar-refractivity contribution in [3.05, 3.63) is 30.6 Å². The molecule has 0 spiro atoms. The number of aliphatic hydroxyl groups is 1. The van der Waals surface area contributed by atoms with Crippen LogP contribution >= 0.6 is 0 Å². The first-order valence-corrected chi connectivity index (χ1v) is 5.22. The summed E-state index contributed by atoms with van der Waals surface area (Å²) in [5.74, 6) is 0.729. The Balaban J connectivity index is 2.00. The second-order valence-corrected chi connectivity index (χ2v) is 3.41. The number of nitrogens with one attached hydrogen (secondary N) is 2. The smallest absolute Gasteiger partial charge is 0.148 e. The number of aromatic amines is 1. The largest absolute Gasteiger partial charge is 0.396 e. The molecule has 2 rings (SSSR count). The van der Waals surface area contributed by atoms with E-state index in [-0.39, 0.29) is 6.61 Å². The van der Waals surface area contributed by atoms with E-state index >= 15 is 0 Å². The Hall–Kier alpha value is -1.88. The van der Waals surface area contributed by atoms with Gasteiger partial charge in [-0.25, -0.2) is 0 Å². The molecule has 0 unspecified atom stereocenters. The van der Waals surface area contributed by atoms with Crippen LogP contribution in [-0.4, -0.2) is 33.4 Å². The molecule has 0 bridgehead atoms. The zero-order chi connectivity index (χ0) is 11.2. The molecule has 0 aliphatic heterocycles. The second-order valence-electron chi connectivity index (χ2n) is 3.41.